The Morgan fingerprint density at radius 1 is 1.28 bits per heavy atom. The summed E-state index contributed by atoms with van der Waals surface area (Å²) in [6.45, 7) is 5.25. The van der Waals surface area contributed by atoms with E-state index in [0.29, 0.717) is 17.2 Å². The smallest absolute Gasteiger partial charge is 0.268 e. The van der Waals surface area contributed by atoms with Crippen LogP contribution < -0.4 is 10.9 Å². The summed E-state index contributed by atoms with van der Waals surface area (Å²) >= 11 is 0. The fraction of sp³-hybridized carbons (Fsp3) is 0.368. The number of nitrogens with zero attached hydrogens (tertiary/aromatic N) is 1. The van der Waals surface area contributed by atoms with Gasteiger partial charge in [-0.15, -0.1) is 0 Å². The van der Waals surface area contributed by atoms with Crippen molar-refractivity contribution in [1.29, 1.82) is 0 Å². The molecule has 0 aliphatic carbocycles. The number of pyridine rings is 1. The molecule has 0 saturated heterocycles. The van der Waals surface area contributed by atoms with Gasteiger partial charge in [-0.1, -0.05) is 26.0 Å². The third-order valence-corrected chi connectivity index (χ3v) is 4.05. The van der Waals surface area contributed by atoms with Crippen LogP contribution in [0.25, 0.3) is 5.69 Å². The summed E-state index contributed by atoms with van der Waals surface area (Å²) in [5.41, 5.74) is 1.96. The first-order chi connectivity index (χ1) is 11.8. The van der Waals surface area contributed by atoms with Gasteiger partial charge in [0.2, 0.25) is 0 Å². The van der Waals surface area contributed by atoms with Crippen LogP contribution in [-0.2, 0) is 0 Å². The van der Waals surface area contributed by atoms with Gasteiger partial charge in [0.15, 0.2) is 0 Å². The summed E-state index contributed by atoms with van der Waals surface area (Å²) in [6.07, 6.45) is 0.592. The monoisotopic (exact) mass is 344 g/mol. The zero-order valence-electron chi connectivity index (χ0n) is 14.7. The molecule has 0 spiro atoms. The summed E-state index contributed by atoms with van der Waals surface area (Å²) in [6, 6.07) is 9.34. The third kappa shape index (κ3) is 4.35. The van der Waals surface area contributed by atoms with Crippen molar-refractivity contribution in [3.8, 4) is 5.69 Å². The van der Waals surface area contributed by atoms with Crippen LogP contribution in [0.5, 0.6) is 0 Å². The minimum Gasteiger partial charge on any atom is -0.394 e. The minimum absolute atomic E-state index is 0.0302. The number of benzene rings is 1. The van der Waals surface area contributed by atoms with Gasteiger partial charge in [0.05, 0.1) is 12.7 Å². The number of nitrogens with one attached hydrogen (secondary N) is 1. The first kappa shape index (κ1) is 18.9. The van der Waals surface area contributed by atoms with E-state index >= 15 is 0 Å². The van der Waals surface area contributed by atoms with Gasteiger partial charge in [-0.25, -0.2) is 0 Å². The molecule has 0 radical (unpaired) electrons. The van der Waals surface area contributed by atoms with Crippen molar-refractivity contribution < 1.29 is 15.0 Å². The molecule has 1 amide bonds. The number of aliphatic hydroxyl groups excluding tert-OH is 2. The van der Waals surface area contributed by atoms with E-state index < -0.39 is 24.2 Å². The van der Waals surface area contributed by atoms with Crippen LogP contribution in [0, 0.1) is 6.92 Å². The number of aromatic nitrogens is 1. The van der Waals surface area contributed by atoms with Crippen molar-refractivity contribution in [2.24, 2.45) is 0 Å². The lowest BCUT2D eigenvalue weighted by Gasteiger charge is -2.14. The van der Waals surface area contributed by atoms with Gasteiger partial charge in [-0.05, 0) is 42.2 Å². The highest BCUT2D eigenvalue weighted by Crippen LogP contribution is 2.17. The maximum Gasteiger partial charge on any atom is 0.268 e. The zero-order chi connectivity index (χ0) is 18.6. The second kappa shape index (κ2) is 8.09. The van der Waals surface area contributed by atoms with Gasteiger partial charge < -0.3 is 15.5 Å². The van der Waals surface area contributed by atoms with E-state index in [2.05, 4.69) is 19.2 Å². The van der Waals surface area contributed by atoms with Gasteiger partial charge >= 0.3 is 0 Å². The molecule has 6 heteroatoms. The highest BCUT2D eigenvalue weighted by molar-refractivity contribution is 5.95. The first-order valence-electron chi connectivity index (χ1n) is 8.24. The molecule has 1 atom stereocenters. The average Bonchev–Trinajstić information content (AvgIpc) is 2.59. The second-order valence-corrected chi connectivity index (χ2v) is 6.35. The summed E-state index contributed by atoms with van der Waals surface area (Å²) in [7, 11) is 0. The number of amides is 1. The molecule has 25 heavy (non-hydrogen) atoms. The molecule has 0 fully saturated rings. The maximum absolute atomic E-state index is 12.8. The fourth-order valence-electron chi connectivity index (χ4n) is 2.50. The van der Waals surface area contributed by atoms with Crippen LogP contribution in [0.1, 0.15) is 41.3 Å². The van der Waals surface area contributed by atoms with Gasteiger partial charge in [0, 0.05) is 18.4 Å². The molecule has 2 aromatic rings. The number of hydrogen-bond donors (Lipinski definition) is 3. The Kier molecular flexibility index (Phi) is 6.12. The molecule has 0 bridgehead atoms. The number of hydrogen-bond acceptors (Lipinski definition) is 4. The lowest BCUT2D eigenvalue weighted by Crippen LogP contribution is -2.38. The normalized spacial score (nSPS) is 12.2. The summed E-state index contributed by atoms with van der Waals surface area (Å²) < 4.78 is 1.44. The second-order valence-electron chi connectivity index (χ2n) is 6.35. The predicted molar refractivity (Wildman–Crippen MR) is 96.3 cm³/mol. The number of carbonyl (C=O) groups excluding carboxylic acids is 1. The number of rotatable bonds is 6. The molecule has 2 rings (SSSR count). The van der Waals surface area contributed by atoms with Crippen LogP contribution in [0.15, 0.2) is 41.3 Å². The van der Waals surface area contributed by atoms with Crippen LogP contribution in [0.2, 0.25) is 0 Å². The van der Waals surface area contributed by atoms with Crippen molar-refractivity contribution >= 4 is 5.91 Å². The molecule has 1 aromatic heterocycles. The average molecular weight is 344 g/mol. The number of aliphatic hydroxyl groups is 2. The Labute approximate surface area is 146 Å². The SMILES string of the molecule is Cc1ccn(-c2cccc(C(C)C)c2)c(=O)c1C(=O)NC[C@@H](O)CO. The molecule has 0 unspecified atom stereocenters. The molecule has 0 aliphatic rings. The van der Waals surface area contributed by atoms with E-state index in [-0.39, 0.29) is 12.1 Å². The van der Waals surface area contributed by atoms with E-state index in [1.165, 1.54) is 4.57 Å². The van der Waals surface area contributed by atoms with Crippen LogP contribution in [0.4, 0.5) is 0 Å². The Bertz CT molecular complexity index is 811. The van der Waals surface area contributed by atoms with Crippen molar-refractivity contribution in [2.75, 3.05) is 13.2 Å². The predicted octanol–water partition coefficient (Wildman–Crippen LogP) is 1.35. The molecular weight excluding hydrogens is 320 g/mol. The van der Waals surface area contributed by atoms with E-state index in [4.69, 9.17) is 5.11 Å². The highest BCUT2D eigenvalue weighted by atomic mass is 16.3. The summed E-state index contributed by atoms with van der Waals surface area (Å²) in [5, 5.41) is 20.7. The lowest BCUT2D eigenvalue weighted by molar-refractivity contribution is 0.0800. The van der Waals surface area contributed by atoms with Crippen molar-refractivity contribution in [2.45, 2.75) is 32.8 Å². The van der Waals surface area contributed by atoms with Gasteiger partial charge in [-0.2, -0.15) is 0 Å². The van der Waals surface area contributed by atoms with E-state index in [9.17, 15) is 14.7 Å². The van der Waals surface area contributed by atoms with E-state index in [1.54, 1.807) is 19.2 Å². The van der Waals surface area contributed by atoms with Crippen LogP contribution in [-0.4, -0.2) is 39.9 Å². The lowest BCUT2D eigenvalue weighted by atomic mass is 10.0. The number of aryl methyl sites for hydroxylation is 1. The largest absolute Gasteiger partial charge is 0.394 e. The Morgan fingerprint density at radius 2 is 2.00 bits per heavy atom. The van der Waals surface area contributed by atoms with Crippen LogP contribution in [0.3, 0.4) is 0 Å². The highest BCUT2D eigenvalue weighted by Gasteiger charge is 2.17. The molecule has 134 valence electrons. The first-order valence-corrected chi connectivity index (χ1v) is 8.24. The fourth-order valence-corrected chi connectivity index (χ4v) is 2.50. The Hall–Kier alpha value is -2.44. The van der Waals surface area contributed by atoms with E-state index in [1.807, 2.05) is 24.3 Å². The van der Waals surface area contributed by atoms with Crippen molar-refractivity contribution in [3.05, 3.63) is 63.6 Å². The molecule has 1 aromatic carbocycles. The molecule has 3 N–H and O–H groups in total. The van der Waals surface area contributed by atoms with Gasteiger partial charge in [0.1, 0.15) is 5.56 Å². The molecule has 0 saturated carbocycles. The topological polar surface area (TPSA) is 91.6 Å². The molecule has 6 nitrogen and oxygen atoms in total. The van der Waals surface area contributed by atoms with Crippen LogP contribution >= 0.6 is 0 Å². The summed E-state index contributed by atoms with van der Waals surface area (Å²) in [4.78, 5) is 25.2. The summed E-state index contributed by atoms with van der Waals surface area (Å²) in [5.74, 6) is -0.242. The Morgan fingerprint density at radius 3 is 2.64 bits per heavy atom. The minimum atomic E-state index is -1.06. The van der Waals surface area contributed by atoms with Gasteiger partial charge in [-0.3, -0.25) is 14.2 Å². The van der Waals surface area contributed by atoms with Gasteiger partial charge in [0.25, 0.3) is 11.5 Å². The zero-order valence-corrected chi connectivity index (χ0v) is 14.7. The van der Waals surface area contributed by atoms with Crippen molar-refractivity contribution in [1.82, 2.24) is 9.88 Å². The maximum atomic E-state index is 12.8. The van der Waals surface area contributed by atoms with Crippen molar-refractivity contribution in [3.63, 3.8) is 0 Å². The Balaban J connectivity index is 2.42. The molecular formula is C19H24N2O4. The third-order valence-electron chi connectivity index (χ3n) is 4.05. The van der Waals surface area contributed by atoms with E-state index in [0.717, 1.165) is 5.56 Å². The number of carbonyl (C=O) groups is 1. The molecule has 1 heterocycles. The quantitative estimate of drug-likeness (QED) is 0.738. The molecule has 0 aliphatic heterocycles. The standard InChI is InChI=1S/C19H24N2O4/c1-12(2)14-5-4-6-15(9-14)21-8-7-13(3)17(19(21)25)18(24)20-10-16(23)11-22/h4-9,12,16,22-23H,10-11H2,1-3H3,(H,20,24)/t16-/m1/s1.